The van der Waals surface area contributed by atoms with Crippen LogP contribution in [0.25, 0.3) is 0 Å². The minimum absolute atomic E-state index is 0.630. The van der Waals surface area contributed by atoms with Crippen molar-refractivity contribution < 1.29 is 5.11 Å². The molecule has 2 N–H and O–H groups in total. The van der Waals surface area contributed by atoms with E-state index in [0.717, 1.165) is 16.5 Å². The molecule has 16 heavy (non-hydrogen) atoms. The summed E-state index contributed by atoms with van der Waals surface area (Å²) in [7, 11) is 0. The Hall–Kier alpha value is -0.380. The van der Waals surface area contributed by atoms with Crippen molar-refractivity contribution in [2.75, 3.05) is 6.54 Å². The second-order valence-electron chi connectivity index (χ2n) is 4.55. The first kappa shape index (κ1) is 12.1. The molecule has 0 radical (unpaired) electrons. The van der Waals surface area contributed by atoms with Gasteiger partial charge in [0, 0.05) is 17.1 Å². The maximum atomic E-state index is 10.6. The number of benzene rings is 1. The molecule has 2 nitrogen and oxygen atoms in total. The lowest BCUT2D eigenvalue weighted by Crippen LogP contribution is -2.38. The molecule has 1 aromatic rings. The van der Waals surface area contributed by atoms with Crippen molar-refractivity contribution >= 4 is 15.9 Å². The summed E-state index contributed by atoms with van der Waals surface area (Å²) in [6.07, 6.45) is 3.22. The lowest BCUT2D eigenvalue weighted by Gasteiger charge is -2.28. The van der Waals surface area contributed by atoms with E-state index < -0.39 is 5.60 Å². The van der Waals surface area contributed by atoms with Crippen LogP contribution in [-0.4, -0.2) is 17.7 Å². The smallest absolute Gasteiger partial charge is 0.102 e. The van der Waals surface area contributed by atoms with Crippen molar-refractivity contribution in [1.82, 2.24) is 5.32 Å². The highest BCUT2D eigenvalue weighted by atomic mass is 79.9. The molecule has 1 aliphatic carbocycles. The van der Waals surface area contributed by atoms with Crippen LogP contribution >= 0.6 is 15.9 Å². The molecule has 0 bridgehead atoms. The van der Waals surface area contributed by atoms with Crippen molar-refractivity contribution in [2.45, 2.75) is 37.8 Å². The Morgan fingerprint density at radius 1 is 1.50 bits per heavy atom. The van der Waals surface area contributed by atoms with Gasteiger partial charge in [0.25, 0.3) is 0 Å². The molecule has 1 aromatic carbocycles. The lowest BCUT2D eigenvalue weighted by atomic mass is 9.91. The van der Waals surface area contributed by atoms with Crippen LogP contribution < -0.4 is 5.32 Å². The Morgan fingerprint density at radius 3 is 2.81 bits per heavy atom. The number of hydrogen-bond donors (Lipinski definition) is 2. The predicted octanol–water partition coefficient (Wildman–Crippen LogP) is 2.80. The number of aliphatic hydroxyl groups is 1. The van der Waals surface area contributed by atoms with Gasteiger partial charge in [-0.15, -0.1) is 0 Å². The molecular formula is C13H18BrNO. The van der Waals surface area contributed by atoms with Crippen molar-refractivity contribution in [3.63, 3.8) is 0 Å². The van der Waals surface area contributed by atoms with E-state index in [1.165, 1.54) is 12.8 Å². The van der Waals surface area contributed by atoms with E-state index >= 15 is 0 Å². The Labute approximate surface area is 105 Å². The molecule has 1 saturated carbocycles. The molecule has 0 aromatic heterocycles. The highest BCUT2D eigenvalue weighted by molar-refractivity contribution is 9.10. The summed E-state index contributed by atoms with van der Waals surface area (Å²) in [5.41, 5.74) is 0.240. The Morgan fingerprint density at radius 2 is 2.25 bits per heavy atom. The number of nitrogens with one attached hydrogen (secondary N) is 1. The Kier molecular flexibility index (Phi) is 3.67. The highest BCUT2D eigenvalue weighted by Gasteiger charge is 2.30. The van der Waals surface area contributed by atoms with E-state index in [4.69, 9.17) is 0 Å². The van der Waals surface area contributed by atoms with Crippen LogP contribution in [0.4, 0.5) is 0 Å². The van der Waals surface area contributed by atoms with E-state index in [0.29, 0.717) is 12.6 Å². The molecule has 1 atom stereocenters. The molecule has 0 heterocycles. The van der Waals surface area contributed by atoms with Gasteiger partial charge in [-0.05, 0) is 37.0 Å². The monoisotopic (exact) mass is 283 g/mol. The number of halogens is 1. The average molecular weight is 284 g/mol. The molecule has 88 valence electrons. The second kappa shape index (κ2) is 4.86. The third-order valence-electron chi connectivity index (χ3n) is 3.21. The summed E-state index contributed by atoms with van der Waals surface area (Å²) in [4.78, 5) is 0. The van der Waals surface area contributed by atoms with Crippen LogP contribution in [-0.2, 0) is 5.60 Å². The van der Waals surface area contributed by atoms with Gasteiger partial charge in [-0.3, -0.25) is 0 Å². The zero-order valence-corrected chi connectivity index (χ0v) is 11.1. The Bertz CT molecular complexity index is 365. The molecule has 0 aliphatic heterocycles. The van der Waals surface area contributed by atoms with Crippen LogP contribution in [0.3, 0.4) is 0 Å². The van der Waals surface area contributed by atoms with Gasteiger partial charge in [0.15, 0.2) is 0 Å². The summed E-state index contributed by atoms with van der Waals surface area (Å²) in [6.45, 7) is 2.67. The molecule has 1 fully saturated rings. The Balaban J connectivity index is 2.11. The fourth-order valence-corrected chi connectivity index (χ4v) is 2.21. The molecular weight excluding hydrogens is 266 g/mol. The van der Waals surface area contributed by atoms with E-state index in [9.17, 15) is 5.11 Å². The summed E-state index contributed by atoms with van der Waals surface area (Å²) in [5, 5.41) is 14.0. The van der Waals surface area contributed by atoms with Gasteiger partial charge < -0.3 is 10.4 Å². The molecule has 0 saturated heterocycles. The summed E-state index contributed by atoms with van der Waals surface area (Å²) < 4.78 is 1.02. The van der Waals surface area contributed by atoms with E-state index in [1.54, 1.807) is 0 Å². The van der Waals surface area contributed by atoms with Crippen LogP contribution in [0.1, 0.15) is 31.7 Å². The summed E-state index contributed by atoms with van der Waals surface area (Å²) in [5.74, 6) is 0. The predicted molar refractivity (Wildman–Crippen MR) is 69.4 cm³/mol. The topological polar surface area (TPSA) is 32.3 Å². The number of hydrogen-bond acceptors (Lipinski definition) is 2. The molecule has 0 amide bonds. The maximum absolute atomic E-state index is 10.6. The van der Waals surface area contributed by atoms with Gasteiger partial charge in [0.1, 0.15) is 5.60 Å². The van der Waals surface area contributed by atoms with Gasteiger partial charge in [-0.1, -0.05) is 35.0 Å². The van der Waals surface area contributed by atoms with Gasteiger partial charge in [-0.2, -0.15) is 0 Å². The fraction of sp³-hybridized carbons (Fsp3) is 0.538. The first-order valence-electron chi connectivity index (χ1n) is 5.86. The van der Waals surface area contributed by atoms with Gasteiger partial charge in [-0.25, -0.2) is 0 Å². The van der Waals surface area contributed by atoms with E-state index in [2.05, 4.69) is 21.2 Å². The first-order valence-corrected chi connectivity index (χ1v) is 6.65. The van der Waals surface area contributed by atoms with Gasteiger partial charge >= 0.3 is 0 Å². The largest absolute Gasteiger partial charge is 0.384 e. The first-order chi connectivity index (χ1) is 7.64. The van der Waals surface area contributed by atoms with Crippen molar-refractivity contribution in [3.05, 3.63) is 34.3 Å². The van der Waals surface area contributed by atoms with Crippen LogP contribution in [0.15, 0.2) is 28.7 Å². The standard InChI is InChI=1S/C13H18BrNO/c1-2-13(16,9-15-12-6-7-12)10-4-3-5-11(14)8-10/h3-5,8,12,15-16H,2,6-7,9H2,1H3. The summed E-state index contributed by atoms with van der Waals surface area (Å²) in [6, 6.07) is 8.57. The molecule has 1 aliphatic rings. The van der Waals surface area contributed by atoms with E-state index in [1.807, 2.05) is 31.2 Å². The summed E-state index contributed by atoms with van der Waals surface area (Å²) >= 11 is 3.44. The second-order valence-corrected chi connectivity index (χ2v) is 5.47. The molecule has 0 spiro atoms. The quantitative estimate of drug-likeness (QED) is 0.871. The minimum Gasteiger partial charge on any atom is -0.384 e. The van der Waals surface area contributed by atoms with Crippen molar-refractivity contribution in [1.29, 1.82) is 0 Å². The zero-order chi connectivity index (χ0) is 11.6. The van der Waals surface area contributed by atoms with Crippen LogP contribution in [0, 0.1) is 0 Å². The van der Waals surface area contributed by atoms with Gasteiger partial charge in [0.2, 0.25) is 0 Å². The third-order valence-corrected chi connectivity index (χ3v) is 3.70. The van der Waals surface area contributed by atoms with Crippen molar-refractivity contribution in [2.24, 2.45) is 0 Å². The molecule has 3 heteroatoms. The highest BCUT2D eigenvalue weighted by Crippen LogP contribution is 2.28. The van der Waals surface area contributed by atoms with Crippen LogP contribution in [0.2, 0.25) is 0 Å². The van der Waals surface area contributed by atoms with Gasteiger partial charge in [0.05, 0.1) is 0 Å². The van der Waals surface area contributed by atoms with Crippen LogP contribution in [0.5, 0.6) is 0 Å². The fourth-order valence-electron chi connectivity index (χ4n) is 1.81. The van der Waals surface area contributed by atoms with Crippen molar-refractivity contribution in [3.8, 4) is 0 Å². The zero-order valence-electron chi connectivity index (χ0n) is 9.54. The van der Waals surface area contributed by atoms with E-state index in [-0.39, 0.29) is 0 Å². The third kappa shape index (κ3) is 2.84. The SMILES string of the molecule is CCC(O)(CNC1CC1)c1cccc(Br)c1. The molecule has 2 rings (SSSR count). The maximum Gasteiger partial charge on any atom is 0.102 e. The average Bonchev–Trinajstić information content (AvgIpc) is 3.10. The number of rotatable bonds is 5. The normalized spacial score (nSPS) is 19.4. The lowest BCUT2D eigenvalue weighted by molar-refractivity contribution is 0.0322. The molecule has 1 unspecified atom stereocenters. The minimum atomic E-state index is -0.744.